The van der Waals surface area contributed by atoms with Gasteiger partial charge in [0.25, 0.3) is 0 Å². The van der Waals surface area contributed by atoms with Gasteiger partial charge in [-0.3, -0.25) is 0 Å². The number of nitrogens with zero attached hydrogens (tertiary/aromatic N) is 3. The minimum atomic E-state index is -1.07. The van der Waals surface area contributed by atoms with Gasteiger partial charge >= 0.3 is 5.97 Å². The Hall–Kier alpha value is -2.21. The first kappa shape index (κ1) is 13.8. The molecule has 2 aromatic rings. The van der Waals surface area contributed by atoms with Gasteiger partial charge in [0.05, 0.1) is 5.69 Å². The molecule has 110 valence electrons. The first-order chi connectivity index (χ1) is 10.2. The lowest BCUT2D eigenvalue weighted by molar-refractivity contribution is 0.0673. The van der Waals surface area contributed by atoms with Crippen molar-refractivity contribution in [1.29, 1.82) is 0 Å². The molecule has 0 radical (unpaired) electrons. The van der Waals surface area contributed by atoms with E-state index in [0.717, 1.165) is 24.9 Å². The summed E-state index contributed by atoms with van der Waals surface area (Å²) in [5, 5.41) is 17.1. The van der Waals surface area contributed by atoms with Crippen molar-refractivity contribution >= 4 is 5.97 Å². The van der Waals surface area contributed by atoms with E-state index in [1.807, 2.05) is 24.3 Å². The number of carbonyl (C=O) groups is 1. The number of carboxylic acid groups (broad SMARTS) is 1. The predicted octanol–water partition coefficient (Wildman–Crippen LogP) is 2.38. The van der Waals surface area contributed by atoms with Crippen LogP contribution in [-0.2, 0) is 11.2 Å². The average molecular weight is 287 g/mol. The van der Waals surface area contributed by atoms with Crippen LogP contribution in [0.15, 0.2) is 24.3 Å². The molecule has 1 unspecified atom stereocenters. The van der Waals surface area contributed by atoms with Crippen LogP contribution in [0.25, 0.3) is 5.69 Å². The van der Waals surface area contributed by atoms with Gasteiger partial charge in [0.15, 0.2) is 5.69 Å². The van der Waals surface area contributed by atoms with Crippen LogP contribution >= 0.6 is 0 Å². The Balaban J connectivity index is 2.06. The standard InChI is InChI=1S/C15H17N3O3/c1-2-10-5-7-11(8-6-10)18-14(12-4-3-9-21-12)13(15(19)20)16-17-18/h5-8,12H,2-4,9H2,1H3,(H,19,20). The van der Waals surface area contributed by atoms with E-state index in [1.54, 1.807) is 4.68 Å². The fourth-order valence-electron chi connectivity index (χ4n) is 2.59. The maximum Gasteiger partial charge on any atom is 0.358 e. The topological polar surface area (TPSA) is 77.2 Å². The highest BCUT2D eigenvalue weighted by Crippen LogP contribution is 2.31. The number of carboxylic acids is 1. The van der Waals surface area contributed by atoms with Gasteiger partial charge < -0.3 is 9.84 Å². The van der Waals surface area contributed by atoms with E-state index < -0.39 is 5.97 Å². The lowest BCUT2D eigenvalue weighted by Gasteiger charge is -2.13. The van der Waals surface area contributed by atoms with Crippen molar-refractivity contribution in [2.24, 2.45) is 0 Å². The maximum atomic E-state index is 11.4. The van der Waals surface area contributed by atoms with Crippen molar-refractivity contribution in [3.63, 3.8) is 0 Å². The van der Waals surface area contributed by atoms with Crippen LogP contribution < -0.4 is 0 Å². The fourth-order valence-corrected chi connectivity index (χ4v) is 2.59. The summed E-state index contributed by atoms with van der Waals surface area (Å²) in [5.41, 5.74) is 2.53. The molecule has 21 heavy (non-hydrogen) atoms. The minimum Gasteiger partial charge on any atom is -0.476 e. The molecule has 1 atom stereocenters. The number of aryl methyl sites for hydroxylation is 1. The molecule has 0 amide bonds. The Morgan fingerprint density at radius 1 is 1.43 bits per heavy atom. The number of rotatable bonds is 4. The van der Waals surface area contributed by atoms with Gasteiger partial charge in [-0.2, -0.15) is 0 Å². The van der Waals surface area contributed by atoms with Gasteiger partial charge in [0, 0.05) is 6.61 Å². The third-order valence-electron chi connectivity index (χ3n) is 3.73. The highest BCUT2D eigenvalue weighted by molar-refractivity contribution is 5.86. The Bertz CT molecular complexity index is 643. The van der Waals surface area contributed by atoms with Crippen molar-refractivity contribution in [3.05, 3.63) is 41.2 Å². The van der Waals surface area contributed by atoms with Gasteiger partial charge in [-0.1, -0.05) is 24.3 Å². The summed E-state index contributed by atoms with van der Waals surface area (Å²) in [5.74, 6) is -1.07. The van der Waals surface area contributed by atoms with E-state index in [4.69, 9.17) is 4.74 Å². The van der Waals surface area contributed by atoms with E-state index in [2.05, 4.69) is 17.2 Å². The van der Waals surface area contributed by atoms with E-state index in [-0.39, 0.29) is 11.8 Å². The fraction of sp³-hybridized carbons (Fsp3) is 0.400. The SMILES string of the molecule is CCc1ccc(-n2nnc(C(=O)O)c2C2CCCO2)cc1. The molecule has 1 aromatic carbocycles. The summed E-state index contributed by atoms with van der Waals surface area (Å²) in [6.07, 6.45) is 2.41. The second-order valence-corrected chi connectivity index (χ2v) is 5.06. The monoisotopic (exact) mass is 287 g/mol. The molecule has 1 aromatic heterocycles. The molecule has 0 saturated carbocycles. The Labute approximate surface area is 122 Å². The Morgan fingerprint density at radius 2 is 2.19 bits per heavy atom. The third kappa shape index (κ3) is 2.54. The summed E-state index contributed by atoms with van der Waals surface area (Å²) >= 11 is 0. The van der Waals surface area contributed by atoms with Crippen molar-refractivity contribution < 1.29 is 14.6 Å². The molecule has 1 N–H and O–H groups in total. The number of aromatic nitrogens is 3. The molecule has 0 bridgehead atoms. The van der Waals surface area contributed by atoms with Gasteiger partial charge in [0.2, 0.25) is 0 Å². The summed E-state index contributed by atoms with van der Waals surface area (Å²) in [7, 11) is 0. The molecule has 1 saturated heterocycles. The van der Waals surface area contributed by atoms with E-state index in [1.165, 1.54) is 5.56 Å². The molecule has 1 aliphatic heterocycles. The molecule has 1 aliphatic rings. The first-order valence-electron chi connectivity index (χ1n) is 7.10. The summed E-state index contributed by atoms with van der Waals surface area (Å²) in [6, 6.07) is 7.88. The molecule has 0 aliphatic carbocycles. The second-order valence-electron chi connectivity index (χ2n) is 5.06. The lowest BCUT2D eigenvalue weighted by Crippen LogP contribution is -2.11. The Morgan fingerprint density at radius 3 is 2.76 bits per heavy atom. The van der Waals surface area contributed by atoms with Crippen molar-refractivity contribution in [2.75, 3.05) is 6.61 Å². The summed E-state index contributed by atoms with van der Waals surface area (Å²) < 4.78 is 7.21. The zero-order valence-corrected chi connectivity index (χ0v) is 11.8. The second kappa shape index (κ2) is 5.65. The third-order valence-corrected chi connectivity index (χ3v) is 3.73. The van der Waals surface area contributed by atoms with Crippen molar-refractivity contribution in [1.82, 2.24) is 15.0 Å². The molecule has 6 heteroatoms. The lowest BCUT2D eigenvalue weighted by atomic mass is 10.1. The summed E-state index contributed by atoms with van der Waals surface area (Å²) in [4.78, 5) is 11.4. The van der Waals surface area contributed by atoms with Crippen LogP contribution in [0.2, 0.25) is 0 Å². The van der Waals surface area contributed by atoms with E-state index in [0.29, 0.717) is 12.3 Å². The number of ether oxygens (including phenoxy) is 1. The number of hydrogen-bond donors (Lipinski definition) is 1. The minimum absolute atomic E-state index is 0.0264. The summed E-state index contributed by atoms with van der Waals surface area (Å²) in [6.45, 7) is 2.73. The van der Waals surface area contributed by atoms with Gasteiger partial charge in [-0.25, -0.2) is 9.48 Å². The highest BCUT2D eigenvalue weighted by atomic mass is 16.5. The molecule has 6 nitrogen and oxygen atoms in total. The smallest absolute Gasteiger partial charge is 0.358 e. The number of benzene rings is 1. The van der Waals surface area contributed by atoms with Crippen LogP contribution in [0.4, 0.5) is 0 Å². The predicted molar refractivity (Wildman–Crippen MR) is 75.6 cm³/mol. The molecular weight excluding hydrogens is 270 g/mol. The van der Waals surface area contributed by atoms with Crippen molar-refractivity contribution in [3.8, 4) is 5.69 Å². The van der Waals surface area contributed by atoms with Crippen LogP contribution in [0.3, 0.4) is 0 Å². The number of hydrogen-bond acceptors (Lipinski definition) is 4. The average Bonchev–Trinajstić information content (AvgIpc) is 3.16. The van der Waals surface area contributed by atoms with Crippen LogP contribution in [0, 0.1) is 0 Å². The zero-order chi connectivity index (χ0) is 14.8. The van der Waals surface area contributed by atoms with Crippen molar-refractivity contribution in [2.45, 2.75) is 32.3 Å². The molecule has 0 spiro atoms. The zero-order valence-electron chi connectivity index (χ0n) is 11.8. The number of aromatic carboxylic acids is 1. The van der Waals surface area contributed by atoms with E-state index >= 15 is 0 Å². The van der Waals surface area contributed by atoms with Crippen LogP contribution in [0.5, 0.6) is 0 Å². The maximum absolute atomic E-state index is 11.4. The Kier molecular flexibility index (Phi) is 3.70. The van der Waals surface area contributed by atoms with Gasteiger partial charge in [0.1, 0.15) is 11.8 Å². The van der Waals surface area contributed by atoms with Gasteiger partial charge in [-0.15, -0.1) is 5.10 Å². The molecular formula is C15H17N3O3. The normalized spacial score (nSPS) is 18.0. The van der Waals surface area contributed by atoms with E-state index in [9.17, 15) is 9.90 Å². The van der Waals surface area contributed by atoms with Crippen LogP contribution in [0.1, 0.15) is 47.6 Å². The molecule has 3 rings (SSSR count). The highest BCUT2D eigenvalue weighted by Gasteiger charge is 2.30. The quantitative estimate of drug-likeness (QED) is 0.934. The first-order valence-corrected chi connectivity index (χ1v) is 7.10. The molecule has 2 heterocycles. The van der Waals surface area contributed by atoms with Gasteiger partial charge in [-0.05, 0) is 37.0 Å². The largest absolute Gasteiger partial charge is 0.476 e. The molecule has 1 fully saturated rings. The van der Waals surface area contributed by atoms with Crippen LogP contribution in [-0.4, -0.2) is 32.7 Å².